The molecular formula is C17H17NO4. The summed E-state index contributed by atoms with van der Waals surface area (Å²) in [5.74, 6) is 0.177. The summed E-state index contributed by atoms with van der Waals surface area (Å²) in [5, 5.41) is 2.77. The molecule has 0 atom stereocenters. The summed E-state index contributed by atoms with van der Waals surface area (Å²) in [6.07, 6.45) is 2.88. The van der Waals surface area contributed by atoms with E-state index in [2.05, 4.69) is 10.1 Å². The average Bonchev–Trinajstić information content (AvgIpc) is 2.92. The molecule has 0 radical (unpaired) electrons. The van der Waals surface area contributed by atoms with Gasteiger partial charge in [-0.15, -0.1) is 0 Å². The van der Waals surface area contributed by atoms with Crippen LogP contribution in [-0.2, 0) is 16.1 Å². The smallest absolute Gasteiger partial charge is 0.341 e. The average molecular weight is 299 g/mol. The second-order valence-corrected chi connectivity index (χ2v) is 4.65. The molecule has 0 bridgehead atoms. The lowest BCUT2D eigenvalue weighted by molar-refractivity contribution is -0.116. The molecule has 22 heavy (non-hydrogen) atoms. The molecule has 1 aromatic heterocycles. The SMILES string of the molecule is COC(=O)c1cc(/C=C/C(=O)NCc2ccccc2)oc1C. The number of carbonyl (C=O) groups is 2. The zero-order valence-corrected chi connectivity index (χ0v) is 12.5. The van der Waals surface area contributed by atoms with Crippen LogP contribution in [0.1, 0.15) is 27.4 Å². The van der Waals surface area contributed by atoms with Gasteiger partial charge in [0, 0.05) is 12.6 Å². The highest BCUT2D eigenvalue weighted by atomic mass is 16.5. The molecule has 5 heteroatoms. The second-order valence-electron chi connectivity index (χ2n) is 4.65. The van der Waals surface area contributed by atoms with E-state index >= 15 is 0 Å². The molecule has 5 nitrogen and oxygen atoms in total. The minimum absolute atomic E-state index is 0.238. The third kappa shape index (κ3) is 4.09. The molecule has 0 saturated heterocycles. The van der Waals surface area contributed by atoms with Crippen molar-refractivity contribution in [2.24, 2.45) is 0 Å². The Morgan fingerprint density at radius 3 is 2.68 bits per heavy atom. The van der Waals surface area contributed by atoms with Crippen molar-refractivity contribution in [3.63, 3.8) is 0 Å². The standard InChI is InChI=1S/C17H17NO4/c1-12-15(17(20)21-2)10-14(22-12)8-9-16(19)18-11-13-6-4-3-5-7-13/h3-10H,11H2,1-2H3,(H,18,19)/b9-8+. The van der Waals surface area contributed by atoms with Crippen molar-refractivity contribution in [2.75, 3.05) is 7.11 Å². The van der Waals surface area contributed by atoms with Crippen LogP contribution in [0.15, 0.2) is 46.9 Å². The van der Waals surface area contributed by atoms with Gasteiger partial charge in [0.1, 0.15) is 17.1 Å². The van der Waals surface area contributed by atoms with Gasteiger partial charge in [0.2, 0.25) is 5.91 Å². The van der Waals surface area contributed by atoms with Crippen LogP contribution in [0.5, 0.6) is 0 Å². The van der Waals surface area contributed by atoms with Gasteiger partial charge in [-0.05, 0) is 24.6 Å². The molecule has 0 saturated carbocycles. The summed E-state index contributed by atoms with van der Waals surface area (Å²) in [4.78, 5) is 23.2. The molecule has 0 spiro atoms. The molecule has 0 fully saturated rings. The summed E-state index contributed by atoms with van der Waals surface area (Å²) < 4.78 is 10.0. The number of aryl methyl sites for hydroxylation is 1. The molecule has 1 heterocycles. The second kappa shape index (κ2) is 7.26. The zero-order chi connectivity index (χ0) is 15.9. The van der Waals surface area contributed by atoms with Crippen LogP contribution in [0.2, 0.25) is 0 Å². The van der Waals surface area contributed by atoms with E-state index in [9.17, 15) is 9.59 Å². The van der Waals surface area contributed by atoms with E-state index in [1.807, 2.05) is 30.3 Å². The molecule has 0 aliphatic carbocycles. The lowest BCUT2D eigenvalue weighted by Gasteiger charge is -2.01. The van der Waals surface area contributed by atoms with Crippen LogP contribution in [0.25, 0.3) is 6.08 Å². The van der Waals surface area contributed by atoms with E-state index in [0.717, 1.165) is 5.56 Å². The molecule has 1 N–H and O–H groups in total. The number of carbonyl (C=O) groups excluding carboxylic acids is 2. The van der Waals surface area contributed by atoms with E-state index in [0.29, 0.717) is 23.6 Å². The number of methoxy groups -OCH3 is 1. The number of hydrogen-bond acceptors (Lipinski definition) is 4. The van der Waals surface area contributed by atoms with E-state index in [4.69, 9.17) is 4.42 Å². The van der Waals surface area contributed by atoms with E-state index < -0.39 is 5.97 Å². The Bertz CT molecular complexity index is 686. The van der Waals surface area contributed by atoms with Crippen LogP contribution in [-0.4, -0.2) is 19.0 Å². The molecular weight excluding hydrogens is 282 g/mol. The number of ether oxygens (including phenoxy) is 1. The summed E-state index contributed by atoms with van der Waals surface area (Å²) in [6, 6.07) is 11.2. The summed E-state index contributed by atoms with van der Waals surface area (Å²) >= 11 is 0. The maximum atomic E-state index is 11.7. The van der Waals surface area contributed by atoms with Gasteiger partial charge in [0.15, 0.2) is 0 Å². The maximum absolute atomic E-state index is 11.7. The maximum Gasteiger partial charge on any atom is 0.341 e. The monoisotopic (exact) mass is 299 g/mol. The van der Waals surface area contributed by atoms with Crippen LogP contribution >= 0.6 is 0 Å². The lowest BCUT2D eigenvalue weighted by atomic mass is 10.2. The quantitative estimate of drug-likeness (QED) is 0.681. The minimum Gasteiger partial charge on any atom is -0.465 e. The number of furan rings is 1. The highest BCUT2D eigenvalue weighted by Crippen LogP contribution is 2.16. The summed E-state index contributed by atoms with van der Waals surface area (Å²) in [5.41, 5.74) is 1.37. The fourth-order valence-corrected chi connectivity index (χ4v) is 1.90. The van der Waals surface area contributed by atoms with Gasteiger partial charge in [-0.3, -0.25) is 4.79 Å². The van der Waals surface area contributed by atoms with Gasteiger partial charge in [0.05, 0.1) is 7.11 Å². The third-order valence-corrected chi connectivity index (χ3v) is 3.05. The van der Waals surface area contributed by atoms with Crippen molar-refractivity contribution in [2.45, 2.75) is 13.5 Å². The Morgan fingerprint density at radius 2 is 2.00 bits per heavy atom. The van der Waals surface area contributed by atoms with Crippen LogP contribution < -0.4 is 5.32 Å². The first-order valence-electron chi connectivity index (χ1n) is 6.78. The number of benzene rings is 1. The van der Waals surface area contributed by atoms with Gasteiger partial charge in [-0.25, -0.2) is 4.79 Å². The summed E-state index contributed by atoms with van der Waals surface area (Å²) in [7, 11) is 1.31. The highest BCUT2D eigenvalue weighted by Gasteiger charge is 2.14. The van der Waals surface area contributed by atoms with Crippen molar-refractivity contribution in [1.82, 2.24) is 5.32 Å². The predicted octanol–water partition coefficient (Wildman–Crippen LogP) is 2.70. The Labute approximate surface area is 128 Å². The molecule has 114 valence electrons. The van der Waals surface area contributed by atoms with Crippen molar-refractivity contribution in [3.05, 3.63) is 65.1 Å². The normalized spacial score (nSPS) is 10.6. The first-order valence-corrected chi connectivity index (χ1v) is 6.78. The topological polar surface area (TPSA) is 68.5 Å². The molecule has 0 aliphatic heterocycles. The Balaban J connectivity index is 1.94. The number of nitrogens with one attached hydrogen (secondary N) is 1. The molecule has 0 unspecified atom stereocenters. The lowest BCUT2D eigenvalue weighted by Crippen LogP contribution is -2.20. The first kappa shape index (κ1) is 15.6. The summed E-state index contributed by atoms with van der Waals surface area (Å²) in [6.45, 7) is 2.12. The third-order valence-electron chi connectivity index (χ3n) is 3.05. The highest BCUT2D eigenvalue weighted by molar-refractivity contribution is 5.93. The fraction of sp³-hybridized carbons (Fsp3) is 0.176. The largest absolute Gasteiger partial charge is 0.465 e. The Morgan fingerprint density at radius 1 is 1.27 bits per heavy atom. The molecule has 0 aliphatic rings. The van der Waals surface area contributed by atoms with Crippen molar-refractivity contribution >= 4 is 18.0 Å². The Hall–Kier alpha value is -2.82. The number of hydrogen-bond donors (Lipinski definition) is 1. The molecule has 2 rings (SSSR count). The van der Waals surface area contributed by atoms with Gasteiger partial charge >= 0.3 is 5.97 Å². The first-order chi connectivity index (χ1) is 10.6. The number of rotatable bonds is 5. The van der Waals surface area contributed by atoms with Crippen LogP contribution in [0.3, 0.4) is 0 Å². The zero-order valence-electron chi connectivity index (χ0n) is 12.5. The fourth-order valence-electron chi connectivity index (χ4n) is 1.90. The molecule has 2 aromatic rings. The van der Waals surface area contributed by atoms with Gasteiger partial charge < -0.3 is 14.5 Å². The molecule has 1 aromatic carbocycles. The van der Waals surface area contributed by atoms with Gasteiger partial charge in [-0.1, -0.05) is 30.3 Å². The predicted molar refractivity (Wildman–Crippen MR) is 82.1 cm³/mol. The van der Waals surface area contributed by atoms with Crippen molar-refractivity contribution in [3.8, 4) is 0 Å². The van der Waals surface area contributed by atoms with Gasteiger partial charge in [0.25, 0.3) is 0 Å². The number of amides is 1. The van der Waals surface area contributed by atoms with Gasteiger partial charge in [-0.2, -0.15) is 0 Å². The number of esters is 1. The van der Waals surface area contributed by atoms with E-state index in [1.165, 1.54) is 19.3 Å². The van der Waals surface area contributed by atoms with E-state index in [1.54, 1.807) is 13.0 Å². The molecule has 1 amide bonds. The Kier molecular flexibility index (Phi) is 5.14. The van der Waals surface area contributed by atoms with Crippen molar-refractivity contribution < 1.29 is 18.7 Å². The van der Waals surface area contributed by atoms with Crippen molar-refractivity contribution in [1.29, 1.82) is 0 Å². The van der Waals surface area contributed by atoms with E-state index in [-0.39, 0.29) is 5.91 Å². The minimum atomic E-state index is -0.463. The van der Waals surface area contributed by atoms with Crippen LogP contribution in [0, 0.1) is 6.92 Å². The van der Waals surface area contributed by atoms with Crippen LogP contribution in [0.4, 0.5) is 0 Å².